The van der Waals surface area contributed by atoms with Crippen molar-refractivity contribution in [2.24, 2.45) is 0 Å². The normalized spacial score (nSPS) is 20.3. The first-order chi connectivity index (χ1) is 9.11. The highest BCUT2D eigenvalue weighted by atomic mass is 35.5. The molecule has 106 valence electrons. The van der Waals surface area contributed by atoms with Crippen LogP contribution >= 0.6 is 11.6 Å². The second-order valence-electron chi connectivity index (χ2n) is 5.37. The van der Waals surface area contributed by atoms with Crippen LogP contribution in [0, 0.1) is 0 Å². The molecule has 1 aromatic rings. The van der Waals surface area contributed by atoms with Gasteiger partial charge in [-0.05, 0) is 39.0 Å². The summed E-state index contributed by atoms with van der Waals surface area (Å²) in [5.41, 5.74) is 0.899. The molecule has 0 spiro atoms. The Kier molecular flexibility index (Phi) is 5.08. The van der Waals surface area contributed by atoms with Gasteiger partial charge in [0.05, 0.1) is 5.02 Å². The second kappa shape index (κ2) is 6.60. The monoisotopic (exact) mass is 282 g/mol. The van der Waals surface area contributed by atoms with E-state index in [1.165, 1.54) is 19.4 Å². The highest BCUT2D eigenvalue weighted by Gasteiger charge is 2.24. The molecule has 1 aliphatic heterocycles. The number of phenols is 1. The van der Waals surface area contributed by atoms with Gasteiger partial charge in [-0.15, -0.1) is 0 Å². The molecule has 3 nitrogen and oxygen atoms in total. The summed E-state index contributed by atoms with van der Waals surface area (Å²) in [5, 5.41) is 10.4. The van der Waals surface area contributed by atoms with Crippen molar-refractivity contribution in [2.75, 3.05) is 26.7 Å². The first-order valence-corrected chi connectivity index (χ1v) is 7.38. The molecule has 1 N–H and O–H groups in total. The lowest BCUT2D eigenvalue weighted by atomic mass is 10.1. The Morgan fingerprint density at radius 3 is 3.00 bits per heavy atom. The van der Waals surface area contributed by atoms with E-state index < -0.39 is 0 Å². The minimum Gasteiger partial charge on any atom is -0.506 e. The molecule has 0 amide bonds. The summed E-state index contributed by atoms with van der Waals surface area (Å²) in [5.74, 6) is 0.217. The van der Waals surface area contributed by atoms with E-state index in [2.05, 4.69) is 23.8 Å². The molecule has 0 saturated carbocycles. The summed E-state index contributed by atoms with van der Waals surface area (Å²) < 4.78 is 0. The Morgan fingerprint density at radius 1 is 1.47 bits per heavy atom. The largest absolute Gasteiger partial charge is 0.506 e. The molecule has 1 unspecified atom stereocenters. The molecule has 1 saturated heterocycles. The van der Waals surface area contributed by atoms with Crippen LogP contribution in [0.15, 0.2) is 18.2 Å². The first-order valence-electron chi connectivity index (χ1n) is 7.00. The van der Waals surface area contributed by atoms with Crippen LogP contribution in [0.2, 0.25) is 5.02 Å². The number of rotatable bonds is 5. The number of aromatic hydroxyl groups is 1. The lowest BCUT2D eigenvalue weighted by Crippen LogP contribution is -2.38. The number of halogens is 1. The van der Waals surface area contributed by atoms with E-state index in [-0.39, 0.29) is 5.75 Å². The first kappa shape index (κ1) is 14.6. The van der Waals surface area contributed by atoms with E-state index in [1.54, 1.807) is 6.07 Å². The molecule has 0 aromatic heterocycles. The number of benzene rings is 1. The van der Waals surface area contributed by atoms with Gasteiger partial charge in [0.1, 0.15) is 5.75 Å². The Hall–Kier alpha value is -0.770. The van der Waals surface area contributed by atoms with Crippen LogP contribution in [0.5, 0.6) is 5.75 Å². The zero-order valence-electron chi connectivity index (χ0n) is 11.8. The third-order valence-electron chi connectivity index (χ3n) is 3.94. The molecule has 1 fully saturated rings. The lowest BCUT2D eigenvalue weighted by molar-refractivity contribution is 0.194. The summed E-state index contributed by atoms with van der Waals surface area (Å²) in [4.78, 5) is 4.80. The Bertz CT molecular complexity index is 425. The van der Waals surface area contributed by atoms with Crippen molar-refractivity contribution in [3.63, 3.8) is 0 Å². The molecule has 1 aromatic carbocycles. The van der Waals surface area contributed by atoms with Crippen molar-refractivity contribution in [2.45, 2.75) is 32.4 Å². The quantitative estimate of drug-likeness (QED) is 0.899. The average molecular weight is 283 g/mol. The van der Waals surface area contributed by atoms with Gasteiger partial charge in [0.15, 0.2) is 0 Å². The second-order valence-corrected chi connectivity index (χ2v) is 5.78. The molecule has 4 heteroatoms. The van der Waals surface area contributed by atoms with Gasteiger partial charge in [0.2, 0.25) is 0 Å². The molecule has 0 radical (unpaired) electrons. The van der Waals surface area contributed by atoms with E-state index in [0.29, 0.717) is 11.1 Å². The van der Waals surface area contributed by atoms with Crippen LogP contribution in [0.1, 0.15) is 25.3 Å². The Morgan fingerprint density at radius 2 is 2.26 bits per heavy atom. The van der Waals surface area contributed by atoms with Gasteiger partial charge in [-0.25, -0.2) is 0 Å². The molecular formula is C15H23ClN2O. The van der Waals surface area contributed by atoms with Crippen molar-refractivity contribution in [1.82, 2.24) is 9.80 Å². The van der Waals surface area contributed by atoms with Crippen LogP contribution in [0.25, 0.3) is 0 Å². The zero-order valence-corrected chi connectivity index (χ0v) is 12.5. The molecule has 0 bridgehead atoms. The molecule has 1 atom stereocenters. The number of likely N-dealkylation sites (tertiary alicyclic amines) is 1. The minimum absolute atomic E-state index is 0.217. The third kappa shape index (κ3) is 3.62. The van der Waals surface area contributed by atoms with Crippen molar-refractivity contribution >= 4 is 11.6 Å². The van der Waals surface area contributed by atoms with Gasteiger partial charge in [-0.3, -0.25) is 4.90 Å². The summed E-state index contributed by atoms with van der Waals surface area (Å²) in [6.07, 6.45) is 2.58. The fraction of sp³-hybridized carbons (Fsp3) is 0.600. The molecule has 1 heterocycles. The van der Waals surface area contributed by atoms with Crippen LogP contribution in [0.3, 0.4) is 0 Å². The maximum absolute atomic E-state index is 9.94. The highest BCUT2D eigenvalue weighted by Crippen LogP contribution is 2.28. The average Bonchev–Trinajstić information content (AvgIpc) is 2.82. The summed E-state index contributed by atoms with van der Waals surface area (Å²) in [6.45, 7) is 6.35. The standard InChI is InChI=1S/C15H23ClN2O/c1-3-18-9-5-7-13(18)11-17(2)10-12-6-4-8-14(16)15(12)19/h4,6,8,13,19H,3,5,7,9-11H2,1-2H3. The fourth-order valence-corrected chi connectivity index (χ4v) is 3.12. The van der Waals surface area contributed by atoms with E-state index >= 15 is 0 Å². The van der Waals surface area contributed by atoms with Gasteiger partial charge in [-0.2, -0.15) is 0 Å². The summed E-state index contributed by atoms with van der Waals surface area (Å²) >= 11 is 5.94. The van der Waals surface area contributed by atoms with Gasteiger partial charge >= 0.3 is 0 Å². The smallest absolute Gasteiger partial charge is 0.138 e. The predicted molar refractivity (Wildman–Crippen MR) is 79.7 cm³/mol. The minimum atomic E-state index is 0.217. The molecular weight excluding hydrogens is 260 g/mol. The van der Waals surface area contributed by atoms with E-state index in [1.807, 2.05) is 12.1 Å². The molecule has 2 rings (SSSR count). The topological polar surface area (TPSA) is 26.7 Å². The molecule has 0 aliphatic carbocycles. The summed E-state index contributed by atoms with van der Waals surface area (Å²) in [7, 11) is 2.10. The number of phenolic OH excluding ortho intramolecular Hbond substituents is 1. The zero-order chi connectivity index (χ0) is 13.8. The lowest BCUT2D eigenvalue weighted by Gasteiger charge is -2.27. The fourth-order valence-electron chi connectivity index (χ4n) is 2.92. The Labute approximate surface area is 120 Å². The molecule has 19 heavy (non-hydrogen) atoms. The van der Waals surface area contributed by atoms with Gasteiger partial charge in [0, 0.05) is 24.7 Å². The van der Waals surface area contributed by atoms with Crippen LogP contribution < -0.4 is 0 Å². The van der Waals surface area contributed by atoms with Crippen molar-refractivity contribution in [1.29, 1.82) is 0 Å². The SMILES string of the molecule is CCN1CCCC1CN(C)Cc1cccc(Cl)c1O. The van der Waals surface area contributed by atoms with Crippen LogP contribution in [-0.4, -0.2) is 47.6 Å². The maximum Gasteiger partial charge on any atom is 0.138 e. The van der Waals surface area contributed by atoms with Gasteiger partial charge in [0.25, 0.3) is 0 Å². The van der Waals surface area contributed by atoms with E-state index in [4.69, 9.17) is 11.6 Å². The predicted octanol–water partition coefficient (Wildman–Crippen LogP) is 2.96. The van der Waals surface area contributed by atoms with E-state index in [0.717, 1.165) is 25.2 Å². The van der Waals surface area contributed by atoms with Crippen LogP contribution in [-0.2, 0) is 6.54 Å². The highest BCUT2D eigenvalue weighted by molar-refractivity contribution is 6.32. The summed E-state index contributed by atoms with van der Waals surface area (Å²) in [6, 6.07) is 6.19. The number of nitrogens with zero attached hydrogens (tertiary/aromatic N) is 2. The number of para-hydroxylation sites is 1. The number of hydrogen-bond donors (Lipinski definition) is 1. The van der Waals surface area contributed by atoms with Crippen molar-refractivity contribution in [3.05, 3.63) is 28.8 Å². The third-order valence-corrected chi connectivity index (χ3v) is 4.24. The maximum atomic E-state index is 9.94. The van der Waals surface area contributed by atoms with Crippen molar-refractivity contribution < 1.29 is 5.11 Å². The van der Waals surface area contributed by atoms with Crippen LogP contribution in [0.4, 0.5) is 0 Å². The number of hydrogen-bond acceptors (Lipinski definition) is 3. The van der Waals surface area contributed by atoms with Crippen molar-refractivity contribution in [3.8, 4) is 5.75 Å². The van der Waals surface area contributed by atoms with E-state index in [9.17, 15) is 5.11 Å². The Balaban J connectivity index is 1.94. The van der Waals surface area contributed by atoms with Gasteiger partial charge in [-0.1, -0.05) is 30.7 Å². The van der Waals surface area contributed by atoms with Gasteiger partial charge < -0.3 is 10.0 Å². The number of likely N-dealkylation sites (N-methyl/N-ethyl adjacent to an activating group) is 2. The molecule has 1 aliphatic rings.